The molecule has 1 N–H and O–H groups in total. The first-order valence-electron chi connectivity index (χ1n) is 6.75. The van der Waals surface area contributed by atoms with E-state index in [1.807, 2.05) is 13.0 Å². The molecule has 1 aromatic rings. The average molecular weight is 293 g/mol. The van der Waals surface area contributed by atoms with Crippen LogP contribution in [0.2, 0.25) is 0 Å². The van der Waals surface area contributed by atoms with Crippen molar-refractivity contribution in [2.75, 3.05) is 6.54 Å². The predicted octanol–water partition coefficient (Wildman–Crippen LogP) is 3.66. The van der Waals surface area contributed by atoms with E-state index in [1.54, 1.807) is 30.3 Å². The second kappa shape index (κ2) is 8.02. The van der Waals surface area contributed by atoms with Crippen LogP contribution < -0.4 is 4.72 Å². The first-order valence-corrected chi connectivity index (χ1v) is 8.24. The minimum atomic E-state index is -3.40. The number of benzene rings is 1. The van der Waals surface area contributed by atoms with Crippen LogP contribution in [0.15, 0.2) is 58.5 Å². The maximum absolute atomic E-state index is 12.0. The van der Waals surface area contributed by atoms with Crippen LogP contribution in [0.3, 0.4) is 0 Å². The minimum Gasteiger partial charge on any atom is -0.207 e. The summed E-state index contributed by atoms with van der Waals surface area (Å²) in [5, 5.41) is 0. The van der Waals surface area contributed by atoms with Gasteiger partial charge in [0.25, 0.3) is 0 Å². The number of hydrogen-bond acceptors (Lipinski definition) is 2. The molecule has 0 bridgehead atoms. The summed E-state index contributed by atoms with van der Waals surface area (Å²) in [7, 11) is -3.40. The van der Waals surface area contributed by atoms with Crippen molar-refractivity contribution in [3.8, 4) is 0 Å². The zero-order chi connectivity index (χ0) is 15.0. The predicted molar refractivity (Wildman–Crippen MR) is 84.1 cm³/mol. The van der Waals surface area contributed by atoms with Gasteiger partial charge in [0.05, 0.1) is 4.90 Å². The smallest absolute Gasteiger partial charge is 0.207 e. The van der Waals surface area contributed by atoms with Crippen LogP contribution >= 0.6 is 0 Å². The summed E-state index contributed by atoms with van der Waals surface area (Å²) < 4.78 is 26.5. The SMILES string of the molecule is CC(C)=CCCC(C)=CCNS(=O)(=O)c1ccccc1. The Morgan fingerprint density at radius 1 is 1.10 bits per heavy atom. The fourth-order valence-corrected chi connectivity index (χ4v) is 2.68. The summed E-state index contributed by atoms with van der Waals surface area (Å²) in [5.41, 5.74) is 2.50. The van der Waals surface area contributed by atoms with E-state index in [4.69, 9.17) is 0 Å². The van der Waals surface area contributed by atoms with E-state index in [0.29, 0.717) is 11.4 Å². The Morgan fingerprint density at radius 3 is 2.35 bits per heavy atom. The maximum Gasteiger partial charge on any atom is 0.240 e. The third-order valence-corrected chi connectivity index (χ3v) is 4.31. The molecule has 0 saturated heterocycles. The Morgan fingerprint density at radius 2 is 1.75 bits per heavy atom. The molecular formula is C16H23NO2S. The summed E-state index contributed by atoms with van der Waals surface area (Å²) in [5.74, 6) is 0. The standard InChI is InChI=1S/C16H23NO2S/c1-14(2)8-7-9-15(3)12-13-17-20(18,19)16-10-5-4-6-11-16/h4-6,8,10-12,17H,7,9,13H2,1-3H3. The van der Waals surface area contributed by atoms with Gasteiger partial charge in [-0.1, -0.05) is 41.5 Å². The molecule has 110 valence electrons. The summed E-state index contributed by atoms with van der Waals surface area (Å²) in [6.07, 6.45) is 6.07. The lowest BCUT2D eigenvalue weighted by molar-refractivity contribution is 0.585. The Hall–Kier alpha value is -1.39. The van der Waals surface area contributed by atoms with Crippen molar-refractivity contribution in [3.05, 3.63) is 53.6 Å². The molecule has 0 aliphatic heterocycles. The third-order valence-electron chi connectivity index (χ3n) is 2.87. The Labute approximate surface area is 122 Å². The van der Waals surface area contributed by atoms with Gasteiger partial charge in [0.1, 0.15) is 0 Å². The lowest BCUT2D eigenvalue weighted by Crippen LogP contribution is -2.23. The largest absolute Gasteiger partial charge is 0.240 e. The van der Waals surface area contributed by atoms with Gasteiger partial charge < -0.3 is 0 Å². The number of nitrogens with one attached hydrogen (secondary N) is 1. The van der Waals surface area contributed by atoms with E-state index >= 15 is 0 Å². The van der Waals surface area contributed by atoms with Crippen molar-refractivity contribution in [3.63, 3.8) is 0 Å². The molecule has 0 heterocycles. The van der Waals surface area contributed by atoms with Gasteiger partial charge in [0.2, 0.25) is 10.0 Å². The molecule has 0 aromatic heterocycles. The maximum atomic E-state index is 12.0. The number of allylic oxidation sites excluding steroid dienone is 3. The number of rotatable bonds is 7. The van der Waals surface area contributed by atoms with E-state index in [0.717, 1.165) is 12.8 Å². The monoisotopic (exact) mass is 293 g/mol. The normalized spacial score (nSPS) is 12.2. The molecule has 0 spiro atoms. The highest BCUT2D eigenvalue weighted by Crippen LogP contribution is 2.08. The molecule has 0 unspecified atom stereocenters. The Balaban J connectivity index is 2.49. The van der Waals surface area contributed by atoms with Gasteiger partial charge in [-0.25, -0.2) is 13.1 Å². The second-order valence-corrected chi connectivity index (χ2v) is 6.80. The molecule has 0 atom stereocenters. The van der Waals surface area contributed by atoms with Crippen molar-refractivity contribution in [1.82, 2.24) is 4.72 Å². The van der Waals surface area contributed by atoms with E-state index in [2.05, 4.69) is 24.6 Å². The molecule has 0 amide bonds. The summed E-state index contributed by atoms with van der Waals surface area (Å²) in [6, 6.07) is 8.41. The molecule has 4 heteroatoms. The van der Waals surface area contributed by atoms with Gasteiger partial charge in [-0.2, -0.15) is 0 Å². The van der Waals surface area contributed by atoms with Crippen molar-refractivity contribution < 1.29 is 8.42 Å². The van der Waals surface area contributed by atoms with E-state index in [9.17, 15) is 8.42 Å². The van der Waals surface area contributed by atoms with Gasteiger partial charge in [-0.05, 0) is 45.7 Å². The van der Waals surface area contributed by atoms with Gasteiger partial charge in [0.15, 0.2) is 0 Å². The van der Waals surface area contributed by atoms with Crippen LogP contribution in [0, 0.1) is 0 Å². The van der Waals surface area contributed by atoms with Crippen molar-refractivity contribution in [2.45, 2.75) is 38.5 Å². The van der Waals surface area contributed by atoms with Crippen LogP contribution in [-0.4, -0.2) is 15.0 Å². The first kappa shape index (κ1) is 16.7. The number of sulfonamides is 1. The van der Waals surface area contributed by atoms with Crippen LogP contribution in [0.5, 0.6) is 0 Å². The highest BCUT2D eigenvalue weighted by molar-refractivity contribution is 7.89. The van der Waals surface area contributed by atoms with Gasteiger partial charge >= 0.3 is 0 Å². The molecule has 1 rings (SSSR count). The van der Waals surface area contributed by atoms with Gasteiger partial charge in [0, 0.05) is 6.54 Å². The molecule has 20 heavy (non-hydrogen) atoms. The van der Waals surface area contributed by atoms with E-state index < -0.39 is 10.0 Å². The third kappa shape index (κ3) is 6.17. The molecule has 0 aliphatic carbocycles. The van der Waals surface area contributed by atoms with Gasteiger partial charge in [-0.3, -0.25) is 0 Å². The van der Waals surface area contributed by atoms with Crippen molar-refractivity contribution in [1.29, 1.82) is 0 Å². The van der Waals surface area contributed by atoms with Crippen LogP contribution in [0.25, 0.3) is 0 Å². The van der Waals surface area contributed by atoms with Crippen LogP contribution in [-0.2, 0) is 10.0 Å². The highest BCUT2D eigenvalue weighted by Gasteiger charge is 2.11. The summed E-state index contributed by atoms with van der Waals surface area (Å²) >= 11 is 0. The Bertz CT molecular complexity index is 568. The van der Waals surface area contributed by atoms with Gasteiger partial charge in [-0.15, -0.1) is 0 Å². The average Bonchev–Trinajstić information content (AvgIpc) is 2.39. The molecule has 0 fully saturated rings. The molecular weight excluding hydrogens is 270 g/mol. The minimum absolute atomic E-state index is 0.301. The van der Waals surface area contributed by atoms with Crippen LogP contribution in [0.4, 0.5) is 0 Å². The van der Waals surface area contributed by atoms with Crippen molar-refractivity contribution >= 4 is 10.0 Å². The molecule has 1 aromatic carbocycles. The Kier molecular flexibility index (Phi) is 6.68. The fraction of sp³-hybridized carbons (Fsp3) is 0.375. The topological polar surface area (TPSA) is 46.2 Å². The van der Waals surface area contributed by atoms with Crippen molar-refractivity contribution in [2.24, 2.45) is 0 Å². The summed E-state index contributed by atoms with van der Waals surface area (Å²) in [4.78, 5) is 0.301. The second-order valence-electron chi connectivity index (χ2n) is 5.04. The molecule has 0 radical (unpaired) electrons. The summed E-state index contributed by atoms with van der Waals surface area (Å²) in [6.45, 7) is 6.51. The first-order chi connectivity index (χ1) is 9.42. The quantitative estimate of drug-likeness (QED) is 0.780. The highest BCUT2D eigenvalue weighted by atomic mass is 32.2. The zero-order valence-electron chi connectivity index (χ0n) is 12.4. The van der Waals surface area contributed by atoms with E-state index in [1.165, 1.54) is 11.1 Å². The van der Waals surface area contributed by atoms with E-state index in [-0.39, 0.29) is 0 Å². The zero-order valence-corrected chi connectivity index (χ0v) is 13.2. The fourth-order valence-electron chi connectivity index (χ4n) is 1.70. The molecule has 0 aliphatic rings. The lowest BCUT2D eigenvalue weighted by Gasteiger charge is -2.05. The molecule has 3 nitrogen and oxygen atoms in total. The van der Waals surface area contributed by atoms with Crippen LogP contribution in [0.1, 0.15) is 33.6 Å². The lowest BCUT2D eigenvalue weighted by atomic mass is 10.1. The molecule has 0 saturated carbocycles. The number of hydrogen-bond donors (Lipinski definition) is 1.